The van der Waals surface area contributed by atoms with Gasteiger partial charge in [-0.05, 0) is 32.8 Å². The Morgan fingerprint density at radius 2 is 2.10 bits per heavy atom. The van der Waals surface area contributed by atoms with Gasteiger partial charge in [-0.25, -0.2) is 0 Å². The Hall–Kier alpha value is -1.49. The summed E-state index contributed by atoms with van der Waals surface area (Å²) in [4.78, 5) is 0. The molecule has 1 aliphatic carbocycles. The van der Waals surface area contributed by atoms with Gasteiger partial charge in [-0.1, -0.05) is 0 Å². The molecule has 0 aromatic carbocycles. The molecule has 110 valence electrons. The van der Waals surface area contributed by atoms with E-state index >= 15 is 0 Å². The maximum atomic E-state index is 4.74. The lowest BCUT2D eigenvalue weighted by Crippen LogP contribution is -2.11. The second-order valence-corrected chi connectivity index (χ2v) is 5.60. The number of nitrogens with zero attached hydrogens (tertiary/aromatic N) is 4. The minimum absolute atomic E-state index is 0. The second-order valence-electron chi connectivity index (χ2n) is 5.60. The standard InChI is InChI=1S/C14H21N5.ClH/c1-10(2)19-12(8-13(16-19)11-4-5-11)9-15-14-6-7-18(3)17-14;/h6-8,10-11H,4-5,9H2,1-3H3,(H,15,17);1H. The maximum absolute atomic E-state index is 4.74. The van der Waals surface area contributed by atoms with Crippen LogP contribution in [-0.4, -0.2) is 19.6 Å². The Kier molecular flexibility index (Phi) is 4.38. The van der Waals surface area contributed by atoms with Crippen LogP contribution in [0.2, 0.25) is 0 Å². The summed E-state index contributed by atoms with van der Waals surface area (Å²) < 4.78 is 3.93. The van der Waals surface area contributed by atoms with Gasteiger partial charge < -0.3 is 5.32 Å². The van der Waals surface area contributed by atoms with E-state index in [2.05, 4.69) is 35.0 Å². The van der Waals surface area contributed by atoms with Crippen LogP contribution in [0.5, 0.6) is 0 Å². The largest absolute Gasteiger partial charge is 0.363 e. The van der Waals surface area contributed by atoms with E-state index in [4.69, 9.17) is 5.10 Å². The van der Waals surface area contributed by atoms with Gasteiger partial charge in [-0.15, -0.1) is 12.4 Å². The molecule has 0 bridgehead atoms. The molecule has 0 amide bonds. The molecule has 1 aliphatic rings. The molecule has 0 saturated heterocycles. The normalized spacial score (nSPS) is 14.4. The fourth-order valence-corrected chi connectivity index (χ4v) is 2.30. The summed E-state index contributed by atoms with van der Waals surface area (Å²) in [6, 6.07) is 4.62. The van der Waals surface area contributed by atoms with E-state index in [1.165, 1.54) is 24.2 Å². The number of aromatic nitrogens is 4. The molecule has 0 spiro atoms. The van der Waals surface area contributed by atoms with Gasteiger partial charge in [-0.3, -0.25) is 9.36 Å². The molecule has 1 N–H and O–H groups in total. The Bertz CT molecular complexity index is 568. The summed E-state index contributed by atoms with van der Waals surface area (Å²) >= 11 is 0. The fourth-order valence-electron chi connectivity index (χ4n) is 2.30. The minimum Gasteiger partial charge on any atom is -0.363 e. The smallest absolute Gasteiger partial charge is 0.148 e. The van der Waals surface area contributed by atoms with Gasteiger partial charge >= 0.3 is 0 Å². The lowest BCUT2D eigenvalue weighted by Gasteiger charge is -2.11. The Labute approximate surface area is 125 Å². The van der Waals surface area contributed by atoms with Crippen molar-refractivity contribution < 1.29 is 0 Å². The van der Waals surface area contributed by atoms with E-state index in [-0.39, 0.29) is 12.4 Å². The summed E-state index contributed by atoms with van der Waals surface area (Å²) in [5.41, 5.74) is 2.49. The average Bonchev–Trinajstić information content (AvgIpc) is 2.99. The third kappa shape index (κ3) is 3.15. The predicted octanol–water partition coefficient (Wildman–Crippen LogP) is 3.11. The maximum Gasteiger partial charge on any atom is 0.148 e. The van der Waals surface area contributed by atoms with Crippen molar-refractivity contribution in [1.29, 1.82) is 0 Å². The molecular weight excluding hydrogens is 274 g/mol. The molecule has 2 aromatic heterocycles. The molecule has 0 radical (unpaired) electrons. The first kappa shape index (κ1) is 14.9. The van der Waals surface area contributed by atoms with E-state index in [9.17, 15) is 0 Å². The molecule has 2 heterocycles. The molecule has 0 aliphatic heterocycles. The van der Waals surface area contributed by atoms with E-state index in [1.54, 1.807) is 4.68 Å². The van der Waals surface area contributed by atoms with Gasteiger partial charge in [0.05, 0.1) is 17.9 Å². The lowest BCUT2D eigenvalue weighted by molar-refractivity contribution is 0.507. The first-order chi connectivity index (χ1) is 9.13. The number of aryl methyl sites for hydroxylation is 1. The van der Waals surface area contributed by atoms with Crippen molar-refractivity contribution in [2.45, 2.75) is 45.2 Å². The van der Waals surface area contributed by atoms with E-state index in [0.717, 1.165) is 12.4 Å². The van der Waals surface area contributed by atoms with Gasteiger partial charge in [0.1, 0.15) is 5.82 Å². The molecule has 1 saturated carbocycles. The van der Waals surface area contributed by atoms with Crippen molar-refractivity contribution in [3.05, 3.63) is 29.7 Å². The number of rotatable bonds is 5. The molecule has 0 unspecified atom stereocenters. The van der Waals surface area contributed by atoms with Crippen LogP contribution in [0, 0.1) is 0 Å². The minimum atomic E-state index is 0. The van der Waals surface area contributed by atoms with Crippen LogP contribution < -0.4 is 5.32 Å². The van der Waals surface area contributed by atoms with Gasteiger partial charge in [-0.2, -0.15) is 10.2 Å². The molecule has 0 atom stereocenters. The molecule has 20 heavy (non-hydrogen) atoms. The third-order valence-electron chi connectivity index (χ3n) is 3.48. The van der Waals surface area contributed by atoms with Crippen LogP contribution in [-0.2, 0) is 13.6 Å². The highest BCUT2D eigenvalue weighted by Gasteiger charge is 2.27. The highest BCUT2D eigenvalue weighted by atomic mass is 35.5. The quantitative estimate of drug-likeness (QED) is 0.922. The fraction of sp³-hybridized carbons (Fsp3) is 0.571. The number of anilines is 1. The van der Waals surface area contributed by atoms with Gasteiger partial charge in [0.15, 0.2) is 0 Å². The van der Waals surface area contributed by atoms with Crippen molar-refractivity contribution >= 4 is 18.2 Å². The monoisotopic (exact) mass is 295 g/mol. The van der Waals surface area contributed by atoms with Crippen LogP contribution in [0.15, 0.2) is 18.3 Å². The van der Waals surface area contributed by atoms with Gasteiger partial charge in [0.2, 0.25) is 0 Å². The average molecular weight is 296 g/mol. The second kappa shape index (κ2) is 5.87. The Morgan fingerprint density at radius 1 is 1.35 bits per heavy atom. The van der Waals surface area contributed by atoms with Gasteiger partial charge in [0.25, 0.3) is 0 Å². The van der Waals surface area contributed by atoms with Crippen molar-refractivity contribution in [3.8, 4) is 0 Å². The van der Waals surface area contributed by atoms with Crippen LogP contribution in [0.4, 0.5) is 5.82 Å². The highest BCUT2D eigenvalue weighted by Crippen LogP contribution is 2.39. The van der Waals surface area contributed by atoms with Crippen LogP contribution in [0.1, 0.15) is 50.0 Å². The zero-order valence-corrected chi connectivity index (χ0v) is 13.0. The molecule has 5 nitrogen and oxygen atoms in total. The van der Waals surface area contributed by atoms with E-state index < -0.39 is 0 Å². The van der Waals surface area contributed by atoms with Crippen molar-refractivity contribution in [3.63, 3.8) is 0 Å². The van der Waals surface area contributed by atoms with Crippen LogP contribution in [0.3, 0.4) is 0 Å². The highest BCUT2D eigenvalue weighted by molar-refractivity contribution is 5.85. The zero-order chi connectivity index (χ0) is 13.4. The molecule has 3 rings (SSSR count). The van der Waals surface area contributed by atoms with Crippen molar-refractivity contribution in [2.75, 3.05) is 5.32 Å². The molecule has 2 aromatic rings. The summed E-state index contributed by atoms with van der Waals surface area (Å²) in [7, 11) is 1.93. The number of halogens is 1. The van der Waals surface area contributed by atoms with Gasteiger partial charge in [0, 0.05) is 31.3 Å². The number of hydrogen-bond donors (Lipinski definition) is 1. The topological polar surface area (TPSA) is 47.7 Å². The van der Waals surface area contributed by atoms with Crippen molar-refractivity contribution in [2.24, 2.45) is 7.05 Å². The van der Waals surface area contributed by atoms with E-state index in [1.807, 2.05) is 19.3 Å². The third-order valence-corrected chi connectivity index (χ3v) is 3.48. The Morgan fingerprint density at radius 3 is 2.65 bits per heavy atom. The molecule has 6 heteroatoms. The van der Waals surface area contributed by atoms with Crippen molar-refractivity contribution in [1.82, 2.24) is 19.6 Å². The SMILES string of the molecule is CC(C)n1nc(C2CC2)cc1CNc1ccn(C)n1.Cl. The Balaban J connectivity index is 0.00000147. The lowest BCUT2D eigenvalue weighted by atomic mass is 10.2. The molecular formula is C14H22ClN5. The summed E-state index contributed by atoms with van der Waals surface area (Å²) in [5.74, 6) is 1.61. The van der Waals surface area contributed by atoms with E-state index in [0.29, 0.717) is 12.0 Å². The first-order valence-electron chi connectivity index (χ1n) is 6.95. The predicted molar refractivity (Wildman–Crippen MR) is 82.4 cm³/mol. The molecule has 1 fully saturated rings. The number of nitrogens with one attached hydrogen (secondary N) is 1. The zero-order valence-electron chi connectivity index (χ0n) is 12.2. The van der Waals surface area contributed by atoms with Crippen LogP contribution >= 0.6 is 12.4 Å². The first-order valence-corrected chi connectivity index (χ1v) is 6.95. The summed E-state index contributed by atoms with van der Waals surface area (Å²) in [6.45, 7) is 5.12. The summed E-state index contributed by atoms with van der Waals surface area (Å²) in [5, 5.41) is 12.4. The number of hydrogen-bond acceptors (Lipinski definition) is 3. The van der Waals surface area contributed by atoms with Crippen LogP contribution in [0.25, 0.3) is 0 Å². The summed E-state index contributed by atoms with van der Waals surface area (Å²) in [6.07, 6.45) is 4.53.